The fraction of sp³-hybridized carbons (Fsp3) is 0.650. The van der Waals surface area contributed by atoms with Gasteiger partial charge in [-0.2, -0.15) is 0 Å². The molecule has 25 heavy (non-hydrogen) atoms. The van der Waals surface area contributed by atoms with Crippen LogP contribution >= 0.6 is 0 Å². The van der Waals surface area contributed by atoms with Crippen molar-refractivity contribution in [1.29, 1.82) is 0 Å². The van der Waals surface area contributed by atoms with Crippen molar-refractivity contribution in [2.45, 2.75) is 32.7 Å². The highest BCUT2D eigenvalue weighted by molar-refractivity contribution is 5.74. The minimum Gasteiger partial charge on any atom is -0.497 e. The van der Waals surface area contributed by atoms with Gasteiger partial charge in [0.25, 0.3) is 0 Å². The molecule has 1 N–H and O–H groups in total. The Balaban J connectivity index is 1.78. The van der Waals surface area contributed by atoms with Gasteiger partial charge in [-0.25, -0.2) is 4.79 Å². The van der Waals surface area contributed by atoms with Crippen LogP contribution in [0.15, 0.2) is 24.3 Å². The molecule has 1 heterocycles. The summed E-state index contributed by atoms with van der Waals surface area (Å²) in [5.41, 5.74) is 1.26. The van der Waals surface area contributed by atoms with E-state index in [2.05, 4.69) is 43.2 Å². The molecule has 140 valence electrons. The van der Waals surface area contributed by atoms with Crippen LogP contribution in [0.1, 0.15) is 25.8 Å². The zero-order valence-electron chi connectivity index (χ0n) is 16.3. The van der Waals surface area contributed by atoms with Gasteiger partial charge in [0.05, 0.1) is 7.11 Å². The smallest absolute Gasteiger partial charge is 0.317 e. The number of hydrogen-bond donors (Lipinski definition) is 1. The van der Waals surface area contributed by atoms with E-state index in [0.717, 1.165) is 31.7 Å². The number of piperidine rings is 1. The van der Waals surface area contributed by atoms with Crippen LogP contribution in [0.4, 0.5) is 4.79 Å². The Kier molecular flexibility index (Phi) is 7.12. The molecule has 1 saturated heterocycles. The van der Waals surface area contributed by atoms with Crippen molar-refractivity contribution in [1.82, 2.24) is 15.1 Å². The Hall–Kier alpha value is -1.75. The first-order valence-electron chi connectivity index (χ1n) is 9.22. The van der Waals surface area contributed by atoms with E-state index in [0.29, 0.717) is 24.4 Å². The monoisotopic (exact) mass is 347 g/mol. The molecule has 2 amide bonds. The number of rotatable bonds is 6. The van der Waals surface area contributed by atoms with Crippen molar-refractivity contribution < 1.29 is 9.53 Å². The van der Waals surface area contributed by atoms with Gasteiger partial charge in [0, 0.05) is 26.2 Å². The van der Waals surface area contributed by atoms with E-state index >= 15 is 0 Å². The molecule has 0 saturated carbocycles. The fourth-order valence-corrected chi connectivity index (χ4v) is 3.69. The number of methoxy groups -OCH3 is 1. The lowest BCUT2D eigenvalue weighted by Gasteiger charge is -2.40. The molecule has 0 spiro atoms. The first kappa shape index (κ1) is 19.6. The first-order chi connectivity index (χ1) is 11.9. The number of nitrogens with one attached hydrogen (secondary N) is 1. The summed E-state index contributed by atoms with van der Waals surface area (Å²) >= 11 is 0. The first-order valence-corrected chi connectivity index (χ1v) is 9.22. The Bertz CT molecular complexity index is 546. The van der Waals surface area contributed by atoms with Gasteiger partial charge in [0.1, 0.15) is 5.75 Å². The number of carbonyl (C=O) groups is 1. The van der Waals surface area contributed by atoms with Gasteiger partial charge in [-0.1, -0.05) is 26.0 Å². The number of benzene rings is 1. The second-order valence-electron chi connectivity index (χ2n) is 7.55. The van der Waals surface area contributed by atoms with E-state index < -0.39 is 0 Å². The van der Waals surface area contributed by atoms with Gasteiger partial charge >= 0.3 is 6.03 Å². The molecule has 0 radical (unpaired) electrons. The van der Waals surface area contributed by atoms with Gasteiger partial charge < -0.3 is 19.9 Å². The Labute approximate surface area is 152 Å². The standard InChI is InChI=1S/C20H33N3O2/c1-15(12-17-6-8-18(25-5)9-7-17)13-21-20(24)23(4)19-10-11-22(3)14-16(19)2/h6-9,15-16,19H,10-14H2,1-5H3,(H,21,24)/t15-,16+,19-/m1/s1. The van der Waals surface area contributed by atoms with Crippen molar-refractivity contribution in [3.63, 3.8) is 0 Å². The number of ether oxygens (including phenoxy) is 1. The molecule has 1 aromatic carbocycles. The van der Waals surface area contributed by atoms with E-state index in [1.54, 1.807) is 7.11 Å². The minimum atomic E-state index is 0.0444. The molecule has 0 aliphatic carbocycles. The van der Waals surface area contributed by atoms with Crippen LogP contribution in [-0.2, 0) is 6.42 Å². The summed E-state index contributed by atoms with van der Waals surface area (Å²) in [5.74, 6) is 1.77. The minimum absolute atomic E-state index is 0.0444. The van der Waals surface area contributed by atoms with E-state index in [1.807, 2.05) is 24.1 Å². The summed E-state index contributed by atoms with van der Waals surface area (Å²) in [5, 5.41) is 3.10. The van der Waals surface area contributed by atoms with Crippen LogP contribution in [0.5, 0.6) is 5.75 Å². The van der Waals surface area contributed by atoms with Gasteiger partial charge in [-0.05, 0) is 56.0 Å². The predicted molar refractivity (Wildman–Crippen MR) is 102 cm³/mol. The molecule has 0 bridgehead atoms. The van der Waals surface area contributed by atoms with Gasteiger partial charge in [0.15, 0.2) is 0 Å². The van der Waals surface area contributed by atoms with Crippen LogP contribution < -0.4 is 10.1 Å². The largest absolute Gasteiger partial charge is 0.497 e. The lowest BCUT2D eigenvalue weighted by atomic mass is 9.93. The summed E-state index contributed by atoms with van der Waals surface area (Å²) in [6.45, 7) is 7.20. The zero-order valence-corrected chi connectivity index (χ0v) is 16.3. The third-order valence-electron chi connectivity index (χ3n) is 5.23. The van der Waals surface area contributed by atoms with Crippen molar-refractivity contribution in [2.75, 3.05) is 40.8 Å². The highest BCUT2D eigenvalue weighted by atomic mass is 16.5. The zero-order chi connectivity index (χ0) is 18.4. The molecule has 1 aliphatic rings. The van der Waals surface area contributed by atoms with Crippen LogP contribution in [0.25, 0.3) is 0 Å². The molecule has 1 aliphatic heterocycles. The van der Waals surface area contributed by atoms with Crippen molar-refractivity contribution in [2.24, 2.45) is 11.8 Å². The molecule has 1 aromatic rings. The number of nitrogens with zero attached hydrogens (tertiary/aromatic N) is 2. The summed E-state index contributed by atoms with van der Waals surface area (Å²) in [6, 6.07) is 8.51. The fourth-order valence-electron chi connectivity index (χ4n) is 3.69. The number of carbonyl (C=O) groups excluding carboxylic acids is 1. The third-order valence-corrected chi connectivity index (χ3v) is 5.23. The van der Waals surface area contributed by atoms with E-state index in [1.165, 1.54) is 5.56 Å². The van der Waals surface area contributed by atoms with E-state index in [-0.39, 0.29) is 6.03 Å². The average molecular weight is 348 g/mol. The normalized spacial score (nSPS) is 22.3. The molecule has 2 rings (SSSR count). The Morgan fingerprint density at radius 2 is 2.08 bits per heavy atom. The van der Waals surface area contributed by atoms with Gasteiger partial charge in [-0.15, -0.1) is 0 Å². The summed E-state index contributed by atoms with van der Waals surface area (Å²) in [4.78, 5) is 16.7. The SMILES string of the molecule is COc1ccc(C[C@@H](C)CNC(=O)N(C)[C@@H]2CCN(C)C[C@@H]2C)cc1. The molecule has 3 atom stereocenters. The molecule has 1 fully saturated rings. The number of amides is 2. The van der Waals surface area contributed by atoms with E-state index in [4.69, 9.17) is 4.74 Å². The molecule has 5 heteroatoms. The maximum absolute atomic E-state index is 12.5. The number of likely N-dealkylation sites (tertiary alicyclic amines) is 1. The lowest BCUT2D eigenvalue weighted by Crippen LogP contribution is -2.52. The van der Waals surface area contributed by atoms with E-state index in [9.17, 15) is 4.79 Å². The number of urea groups is 1. The van der Waals surface area contributed by atoms with Crippen LogP contribution in [-0.4, -0.2) is 62.7 Å². The van der Waals surface area contributed by atoms with Crippen molar-refractivity contribution in [3.8, 4) is 5.75 Å². The van der Waals surface area contributed by atoms with Crippen molar-refractivity contribution >= 4 is 6.03 Å². The Morgan fingerprint density at radius 1 is 1.40 bits per heavy atom. The number of hydrogen-bond acceptors (Lipinski definition) is 3. The average Bonchev–Trinajstić information content (AvgIpc) is 2.60. The highest BCUT2D eigenvalue weighted by Crippen LogP contribution is 2.20. The summed E-state index contributed by atoms with van der Waals surface area (Å²) < 4.78 is 5.19. The van der Waals surface area contributed by atoms with Gasteiger partial charge in [-0.3, -0.25) is 0 Å². The Morgan fingerprint density at radius 3 is 2.68 bits per heavy atom. The molecular weight excluding hydrogens is 314 g/mol. The highest BCUT2D eigenvalue weighted by Gasteiger charge is 2.29. The molecule has 0 aromatic heterocycles. The maximum Gasteiger partial charge on any atom is 0.317 e. The lowest BCUT2D eigenvalue weighted by molar-refractivity contribution is 0.107. The third kappa shape index (κ3) is 5.63. The molecule has 0 unspecified atom stereocenters. The quantitative estimate of drug-likeness (QED) is 0.861. The van der Waals surface area contributed by atoms with Crippen LogP contribution in [0.2, 0.25) is 0 Å². The second-order valence-corrected chi connectivity index (χ2v) is 7.55. The summed E-state index contributed by atoms with van der Waals surface area (Å²) in [7, 11) is 5.75. The van der Waals surface area contributed by atoms with Crippen LogP contribution in [0, 0.1) is 11.8 Å². The summed E-state index contributed by atoms with van der Waals surface area (Å²) in [6.07, 6.45) is 1.99. The second kappa shape index (κ2) is 9.09. The maximum atomic E-state index is 12.5. The molecular formula is C20H33N3O2. The van der Waals surface area contributed by atoms with Gasteiger partial charge in [0.2, 0.25) is 0 Å². The van der Waals surface area contributed by atoms with Crippen LogP contribution in [0.3, 0.4) is 0 Å². The predicted octanol–water partition coefficient (Wildman–Crippen LogP) is 2.86. The topological polar surface area (TPSA) is 44.8 Å². The van der Waals surface area contributed by atoms with Crippen molar-refractivity contribution in [3.05, 3.63) is 29.8 Å². The molecule has 5 nitrogen and oxygen atoms in total.